The van der Waals surface area contributed by atoms with Gasteiger partial charge in [0, 0.05) is 29.5 Å². The number of aromatic nitrogens is 2. The van der Waals surface area contributed by atoms with Crippen molar-refractivity contribution < 1.29 is 23.1 Å². The molecule has 1 fully saturated rings. The average molecular weight is 484 g/mol. The van der Waals surface area contributed by atoms with Gasteiger partial charge >= 0.3 is 5.97 Å². The van der Waals surface area contributed by atoms with Crippen LogP contribution in [0.4, 0.5) is 0 Å². The quantitative estimate of drug-likeness (QED) is 0.572. The zero-order valence-electron chi connectivity index (χ0n) is 16.5. The smallest absolute Gasteiger partial charge is 0.322 e. The molecule has 8 nitrogen and oxygen atoms in total. The van der Waals surface area contributed by atoms with Crippen LogP contribution in [0.25, 0.3) is 5.65 Å². The summed E-state index contributed by atoms with van der Waals surface area (Å²) in [4.78, 5) is 15.7. The van der Waals surface area contributed by atoms with E-state index in [2.05, 4.69) is 4.98 Å². The Labute approximate surface area is 189 Å². The van der Waals surface area contributed by atoms with E-state index in [0.717, 1.165) is 10.00 Å². The highest BCUT2D eigenvalue weighted by Crippen LogP contribution is 2.36. The molecule has 4 rings (SSSR count). The maximum absolute atomic E-state index is 13.2. The lowest BCUT2D eigenvalue weighted by atomic mass is 10.2. The van der Waals surface area contributed by atoms with Gasteiger partial charge in [-0.2, -0.15) is 4.31 Å². The Morgan fingerprint density at radius 1 is 1.32 bits per heavy atom. The lowest BCUT2D eigenvalue weighted by Gasteiger charge is -2.22. The Balaban J connectivity index is 1.67. The Morgan fingerprint density at radius 3 is 2.84 bits per heavy atom. The van der Waals surface area contributed by atoms with Crippen molar-refractivity contribution in [2.75, 3.05) is 6.54 Å². The van der Waals surface area contributed by atoms with Gasteiger partial charge in [-0.3, -0.25) is 4.79 Å². The molecule has 1 aliphatic heterocycles. The van der Waals surface area contributed by atoms with Crippen molar-refractivity contribution in [1.82, 2.24) is 13.7 Å². The Bertz CT molecular complexity index is 1280. The first-order chi connectivity index (χ1) is 14.7. The van der Waals surface area contributed by atoms with Gasteiger partial charge in [0.15, 0.2) is 11.4 Å². The van der Waals surface area contributed by atoms with Crippen molar-refractivity contribution in [2.45, 2.75) is 37.3 Å². The molecule has 3 heterocycles. The molecule has 0 unspecified atom stereocenters. The van der Waals surface area contributed by atoms with Gasteiger partial charge < -0.3 is 14.2 Å². The van der Waals surface area contributed by atoms with Crippen molar-refractivity contribution >= 4 is 44.8 Å². The molecular weight excluding hydrogens is 465 g/mol. The van der Waals surface area contributed by atoms with Crippen LogP contribution in [0, 0.1) is 6.92 Å². The summed E-state index contributed by atoms with van der Waals surface area (Å²) in [7, 11) is -4.13. The molecule has 1 saturated heterocycles. The number of sulfonamides is 1. The lowest BCUT2D eigenvalue weighted by Crippen LogP contribution is -2.40. The maximum atomic E-state index is 13.2. The highest BCUT2D eigenvalue weighted by molar-refractivity contribution is 7.89. The largest absolute Gasteiger partial charge is 0.485 e. The summed E-state index contributed by atoms with van der Waals surface area (Å²) in [6.45, 7) is 1.89. The second-order valence-electron chi connectivity index (χ2n) is 7.22. The molecule has 1 atom stereocenters. The summed E-state index contributed by atoms with van der Waals surface area (Å²) < 4.78 is 35.0. The van der Waals surface area contributed by atoms with Crippen molar-refractivity contribution in [2.24, 2.45) is 0 Å². The number of nitrogens with zero attached hydrogens (tertiary/aromatic N) is 3. The first-order valence-electron chi connectivity index (χ1n) is 9.49. The van der Waals surface area contributed by atoms with Gasteiger partial charge in [0.25, 0.3) is 0 Å². The van der Waals surface area contributed by atoms with Crippen LogP contribution in [0.5, 0.6) is 5.75 Å². The van der Waals surface area contributed by atoms with Gasteiger partial charge in [0.1, 0.15) is 17.5 Å². The van der Waals surface area contributed by atoms with Gasteiger partial charge in [-0.05, 0) is 44.0 Å². The molecule has 1 aromatic carbocycles. The third kappa shape index (κ3) is 3.98. The number of carbonyl (C=O) groups is 1. The number of benzene rings is 1. The Kier molecular flexibility index (Phi) is 5.87. The van der Waals surface area contributed by atoms with Crippen LogP contribution < -0.4 is 4.74 Å². The van der Waals surface area contributed by atoms with Crippen LogP contribution in [0.1, 0.15) is 24.1 Å². The van der Waals surface area contributed by atoms with Crippen LogP contribution in [-0.4, -0.2) is 45.8 Å². The van der Waals surface area contributed by atoms with Crippen molar-refractivity contribution in [1.29, 1.82) is 0 Å². The SMILES string of the molecule is Cc1cn2cccc(OCc3c(Cl)ccc(S(=O)(=O)N4CCC[C@H]4C(=O)O)c3Cl)c2n1. The zero-order valence-corrected chi connectivity index (χ0v) is 18.8. The first-order valence-corrected chi connectivity index (χ1v) is 11.7. The fourth-order valence-corrected chi connectivity index (χ4v) is 6.20. The van der Waals surface area contributed by atoms with Gasteiger partial charge in [-0.15, -0.1) is 0 Å². The summed E-state index contributed by atoms with van der Waals surface area (Å²) >= 11 is 12.7. The summed E-state index contributed by atoms with van der Waals surface area (Å²) in [5.41, 5.74) is 1.72. The topological polar surface area (TPSA) is 101 Å². The van der Waals surface area contributed by atoms with E-state index in [9.17, 15) is 18.3 Å². The highest BCUT2D eigenvalue weighted by atomic mass is 35.5. The zero-order chi connectivity index (χ0) is 22.3. The van der Waals surface area contributed by atoms with Gasteiger partial charge in [0.05, 0.1) is 10.7 Å². The Morgan fingerprint density at radius 2 is 2.10 bits per heavy atom. The van der Waals surface area contributed by atoms with E-state index in [1.807, 2.05) is 23.7 Å². The molecule has 164 valence electrons. The van der Waals surface area contributed by atoms with Gasteiger partial charge in [-0.1, -0.05) is 23.2 Å². The number of fused-ring (bicyclic) bond motifs is 1. The summed E-state index contributed by atoms with van der Waals surface area (Å²) in [6.07, 6.45) is 4.41. The van der Waals surface area contributed by atoms with Crippen LogP contribution in [0.2, 0.25) is 10.0 Å². The fraction of sp³-hybridized carbons (Fsp3) is 0.300. The number of hydrogen-bond acceptors (Lipinski definition) is 5. The molecule has 0 radical (unpaired) electrons. The van der Waals surface area contributed by atoms with E-state index in [1.54, 1.807) is 12.1 Å². The average Bonchev–Trinajstić information content (AvgIpc) is 3.34. The molecule has 0 bridgehead atoms. The lowest BCUT2D eigenvalue weighted by molar-refractivity contribution is -0.140. The van der Waals surface area contributed by atoms with E-state index in [0.29, 0.717) is 23.4 Å². The second kappa shape index (κ2) is 8.31. The molecule has 3 aromatic rings. The molecule has 0 spiro atoms. The minimum Gasteiger partial charge on any atom is -0.485 e. The number of hydrogen-bond donors (Lipinski definition) is 1. The number of imidazole rings is 1. The number of aliphatic carboxylic acids is 1. The summed E-state index contributed by atoms with van der Waals surface area (Å²) in [5, 5.41) is 9.53. The number of aryl methyl sites for hydroxylation is 1. The predicted octanol–water partition coefficient (Wildman–Crippen LogP) is 3.77. The maximum Gasteiger partial charge on any atom is 0.322 e. The number of ether oxygens (including phenoxy) is 1. The molecule has 0 amide bonds. The van der Waals surface area contributed by atoms with Gasteiger partial charge in [-0.25, -0.2) is 13.4 Å². The molecule has 0 aliphatic carbocycles. The predicted molar refractivity (Wildman–Crippen MR) is 115 cm³/mol. The fourth-order valence-electron chi connectivity index (χ4n) is 3.68. The van der Waals surface area contributed by atoms with E-state index in [-0.39, 0.29) is 34.5 Å². The van der Waals surface area contributed by atoms with E-state index < -0.39 is 22.0 Å². The van der Waals surface area contributed by atoms with Crippen LogP contribution >= 0.6 is 23.2 Å². The number of carboxylic acids is 1. The number of halogens is 2. The van der Waals surface area contributed by atoms with E-state index in [1.165, 1.54) is 12.1 Å². The molecule has 2 aromatic heterocycles. The highest BCUT2D eigenvalue weighted by Gasteiger charge is 2.40. The number of carboxylic acid groups (broad SMARTS) is 1. The van der Waals surface area contributed by atoms with E-state index in [4.69, 9.17) is 27.9 Å². The van der Waals surface area contributed by atoms with Crippen LogP contribution in [0.15, 0.2) is 41.6 Å². The minimum absolute atomic E-state index is 0.0880. The summed E-state index contributed by atoms with van der Waals surface area (Å²) in [5.74, 6) is -0.695. The number of rotatable bonds is 6. The minimum atomic E-state index is -4.13. The summed E-state index contributed by atoms with van der Waals surface area (Å²) in [6, 6.07) is 5.14. The van der Waals surface area contributed by atoms with Gasteiger partial charge in [0.2, 0.25) is 10.0 Å². The molecule has 31 heavy (non-hydrogen) atoms. The second-order valence-corrected chi connectivity index (χ2v) is 9.87. The first kappa shape index (κ1) is 21.9. The molecule has 11 heteroatoms. The normalized spacial score (nSPS) is 17.3. The van der Waals surface area contributed by atoms with E-state index >= 15 is 0 Å². The number of pyridine rings is 1. The standard InChI is InChI=1S/C20H19Cl2N3O5S/c1-12-10-24-8-3-5-16(19(24)23-12)30-11-13-14(21)6-7-17(18(13)22)31(28,29)25-9-2-4-15(25)20(26)27/h3,5-8,10,15H,2,4,9,11H2,1H3,(H,26,27)/t15-/m0/s1. The van der Waals surface area contributed by atoms with Crippen molar-refractivity contribution in [3.05, 3.63) is 58.0 Å². The Hall–Kier alpha value is -2.33. The molecule has 1 aliphatic rings. The molecule has 0 saturated carbocycles. The van der Waals surface area contributed by atoms with Crippen LogP contribution in [-0.2, 0) is 21.4 Å². The third-order valence-electron chi connectivity index (χ3n) is 5.17. The van der Waals surface area contributed by atoms with Crippen LogP contribution in [0.3, 0.4) is 0 Å². The molecular formula is C20H19Cl2N3O5S. The monoisotopic (exact) mass is 483 g/mol. The van der Waals surface area contributed by atoms with Crippen molar-refractivity contribution in [3.8, 4) is 5.75 Å². The third-order valence-corrected chi connectivity index (χ3v) is 8.01. The van der Waals surface area contributed by atoms with Crippen molar-refractivity contribution in [3.63, 3.8) is 0 Å². The molecule has 1 N–H and O–H groups in total.